The Balaban J connectivity index is 3.70. The van der Waals surface area contributed by atoms with Crippen molar-refractivity contribution in [1.29, 1.82) is 0 Å². The van der Waals surface area contributed by atoms with Gasteiger partial charge in [-0.1, -0.05) is 60.3 Å². The van der Waals surface area contributed by atoms with E-state index in [0.717, 1.165) is 5.92 Å². The quantitative estimate of drug-likeness (QED) is 0.509. The summed E-state index contributed by atoms with van der Waals surface area (Å²) in [5.74, 6) is 0.870. The number of unbranched alkanes of at least 4 members (excludes halogenated alkanes) is 2. The predicted octanol–water partition coefficient (Wildman–Crippen LogP) is 4.64. The molecule has 1 atom stereocenters. The SMILES string of the molecule is CCCCCC(C)(C)C(C)CC. The maximum atomic E-state index is 2.41. The van der Waals surface area contributed by atoms with E-state index in [2.05, 4.69) is 34.6 Å². The summed E-state index contributed by atoms with van der Waals surface area (Å²) in [6.45, 7) is 11.8. The van der Waals surface area contributed by atoms with Crippen LogP contribution >= 0.6 is 0 Å². The van der Waals surface area contributed by atoms with Crippen LogP contribution in [0.25, 0.3) is 0 Å². The highest BCUT2D eigenvalue weighted by atomic mass is 14.3. The zero-order chi connectivity index (χ0) is 9.61. The van der Waals surface area contributed by atoms with Crippen molar-refractivity contribution >= 4 is 0 Å². The molecule has 0 amide bonds. The minimum atomic E-state index is 0.559. The van der Waals surface area contributed by atoms with E-state index < -0.39 is 0 Å². The van der Waals surface area contributed by atoms with Gasteiger partial charge in [0.25, 0.3) is 0 Å². The lowest BCUT2D eigenvalue weighted by Gasteiger charge is -2.31. The normalized spacial score (nSPS) is 14.8. The fourth-order valence-corrected chi connectivity index (χ4v) is 1.63. The lowest BCUT2D eigenvalue weighted by molar-refractivity contribution is 0.199. The Kier molecular flexibility index (Phi) is 5.61. The van der Waals surface area contributed by atoms with Crippen molar-refractivity contribution in [1.82, 2.24) is 0 Å². The molecule has 0 aliphatic rings. The van der Waals surface area contributed by atoms with Gasteiger partial charge >= 0.3 is 0 Å². The molecular weight excluding hydrogens is 144 g/mol. The molecule has 0 N–H and O–H groups in total. The molecule has 12 heavy (non-hydrogen) atoms. The molecule has 0 aliphatic carbocycles. The summed E-state index contributed by atoms with van der Waals surface area (Å²) >= 11 is 0. The predicted molar refractivity (Wildman–Crippen MR) is 57.4 cm³/mol. The van der Waals surface area contributed by atoms with E-state index in [-0.39, 0.29) is 0 Å². The molecule has 0 spiro atoms. The summed E-state index contributed by atoms with van der Waals surface area (Å²) in [4.78, 5) is 0. The average Bonchev–Trinajstić information content (AvgIpc) is 2.03. The minimum Gasteiger partial charge on any atom is -0.0654 e. The Morgan fingerprint density at radius 1 is 1.08 bits per heavy atom. The smallest absolute Gasteiger partial charge is 0.0329 e. The first-order valence-electron chi connectivity index (χ1n) is 5.54. The van der Waals surface area contributed by atoms with Crippen LogP contribution in [0.5, 0.6) is 0 Å². The van der Waals surface area contributed by atoms with Crippen molar-refractivity contribution in [3.05, 3.63) is 0 Å². The summed E-state index contributed by atoms with van der Waals surface area (Å²) in [6, 6.07) is 0. The lowest BCUT2D eigenvalue weighted by Crippen LogP contribution is -2.20. The maximum Gasteiger partial charge on any atom is -0.0329 e. The van der Waals surface area contributed by atoms with Crippen molar-refractivity contribution in [2.45, 2.75) is 66.7 Å². The van der Waals surface area contributed by atoms with Crippen molar-refractivity contribution in [2.75, 3.05) is 0 Å². The van der Waals surface area contributed by atoms with Gasteiger partial charge in [0.05, 0.1) is 0 Å². The molecule has 0 heterocycles. The zero-order valence-corrected chi connectivity index (χ0v) is 9.61. The Labute approximate surface area is 78.8 Å². The van der Waals surface area contributed by atoms with Gasteiger partial charge in [-0.15, -0.1) is 0 Å². The molecule has 0 saturated heterocycles. The third kappa shape index (κ3) is 4.13. The minimum absolute atomic E-state index is 0.559. The second-order valence-corrected chi connectivity index (χ2v) is 4.75. The van der Waals surface area contributed by atoms with Crippen LogP contribution in [0.2, 0.25) is 0 Å². The van der Waals surface area contributed by atoms with Gasteiger partial charge in [0.2, 0.25) is 0 Å². The zero-order valence-electron chi connectivity index (χ0n) is 9.61. The van der Waals surface area contributed by atoms with Gasteiger partial charge in [0, 0.05) is 0 Å². The molecule has 1 unspecified atom stereocenters. The van der Waals surface area contributed by atoms with Crippen molar-refractivity contribution in [3.8, 4) is 0 Å². The molecule has 74 valence electrons. The first-order valence-corrected chi connectivity index (χ1v) is 5.54. The van der Waals surface area contributed by atoms with Gasteiger partial charge < -0.3 is 0 Å². The fraction of sp³-hybridized carbons (Fsp3) is 1.00. The average molecular weight is 170 g/mol. The molecule has 0 aromatic carbocycles. The summed E-state index contributed by atoms with van der Waals surface area (Å²) in [5, 5.41) is 0. The highest BCUT2D eigenvalue weighted by molar-refractivity contribution is 4.74. The molecule has 0 bridgehead atoms. The van der Waals surface area contributed by atoms with Crippen molar-refractivity contribution < 1.29 is 0 Å². The largest absolute Gasteiger partial charge is 0.0654 e. The molecule has 0 aliphatic heterocycles. The lowest BCUT2D eigenvalue weighted by atomic mass is 9.75. The molecule has 0 aromatic heterocycles. The van der Waals surface area contributed by atoms with Gasteiger partial charge in [-0.3, -0.25) is 0 Å². The van der Waals surface area contributed by atoms with Gasteiger partial charge in [0.1, 0.15) is 0 Å². The topological polar surface area (TPSA) is 0 Å². The van der Waals surface area contributed by atoms with Crippen LogP contribution in [0.4, 0.5) is 0 Å². The van der Waals surface area contributed by atoms with E-state index in [9.17, 15) is 0 Å². The molecule has 0 aromatic rings. The summed E-state index contributed by atoms with van der Waals surface area (Å²) in [5.41, 5.74) is 0.559. The van der Waals surface area contributed by atoms with Crippen LogP contribution < -0.4 is 0 Å². The van der Waals surface area contributed by atoms with E-state index in [1.54, 1.807) is 0 Å². The van der Waals surface area contributed by atoms with Crippen LogP contribution in [0.15, 0.2) is 0 Å². The van der Waals surface area contributed by atoms with E-state index >= 15 is 0 Å². The van der Waals surface area contributed by atoms with Gasteiger partial charge in [-0.2, -0.15) is 0 Å². The summed E-state index contributed by atoms with van der Waals surface area (Å²) in [6.07, 6.45) is 6.87. The molecule has 0 rings (SSSR count). The van der Waals surface area contributed by atoms with Gasteiger partial charge in [-0.25, -0.2) is 0 Å². The molecule has 0 fully saturated rings. The van der Waals surface area contributed by atoms with Crippen molar-refractivity contribution in [3.63, 3.8) is 0 Å². The number of hydrogen-bond donors (Lipinski definition) is 0. The molecule has 0 heteroatoms. The number of hydrogen-bond acceptors (Lipinski definition) is 0. The van der Waals surface area contributed by atoms with Gasteiger partial charge in [0.15, 0.2) is 0 Å². The highest BCUT2D eigenvalue weighted by Crippen LogP contribution is 2.34. The first-order chi connectivity index (χ1) is 5.54. The second-order valence-electron chi connectivity index (χ2n) is 4.75. The van der Waals surface area contributed by atoms with Gasteiger partial charge in [-0.05, 0) is 17.8 Å². The Bertz CT molecular complexity index is 103. The standard InChI is InChI=1S/C12H26/c1-6-8-9-10-12(4,5)11(3)7-2/h11H,6-10H2,1-5H3. The van der Waals surface area contributed by atoms with E-state index in [1.165, 1.54) is 32.1 Å². The Hall–Kier alpha value is 0. The summed E-state index contributed by atoms with van der Waals surface area (Å²) in [7, 11) is 0. The molecule has 0 saturated carbocycles. The molecule has 0 nitrogen and oxygen atoms in total. The van der Waals surface area contributed by atoms with Crippen molar-refractivity contribution in [2.24, 2.45) is 11.3 Å². The maximum absolute atomic E-state index is 2.41. The second kappa shape index (κ2) is 5.61. The van der Waals surface area contributed by atoms with E-state index in [1.807, 2.05) is 0 Å². The molecular formula is C12H26. The third-order valence-electron chi connectivity index (χ3n) is 3.37. The third-order valence-corrected chi connectivity index (χ3v) is 3.37. The van der Waals surface area contributed by atoms with E-state index in [0.29, 0.717) is 5.41 Å². The van der Waals surface area contributed by atoms with Crippen LogP contribution in [-0.4, -0.2) is 0 Å². The molecule has 0 radical (unpaired) electrons. The summed E-state index contributed by atoms with van der Waals surface area (Å²) < 4.78 is 0. The van der Waals surface area contributed by atoms with E-state index in [4.69, 9.17) is 0 Å². The van der Waals surface area contributed by atoms with Crippen LogP contribution in [-0.2, 0) is 0 Å². The Morgan fingerprint density at radius 2 is 1.67 bits per heavy atom. The first kappa shape index (κ1) is 12.0. The number of rotatable bonds is 6. The van der Waals surface area contributed by atoms with Crippen LogP contribution in [0.1, 0.15) is 66.7 Å². The Morgan fingerprint density at radius 3 is 2.08 bits per heavy atom. The monoisotopic (exact) mass is 170 g/mol. The highest BCUT2D eigenvalue weighted by Gasteiger charge is 2.23. The van der Waals surface area contributed by atoms with Crippen LogP contribution in [0, 0.1) is 11.3 Å². The van der Waals surface area contributed by atoms with Crippen LogP contribution in [0.3, 0.4) is 0 Å². The fourth-order valence-electron chi connectivity index (χ4n) is 1.63.